The van der Waals surface area contributed by atoms with Crippen LogP contribution < -0.4 is 9.47 Å². The quantitative estimate of drug-likeness (QED) is 0.720. The van der Waals surface area contributed by atoms with Crippen molar-refractivity contribution < 1.29 is 14.0 Å². The number of ether oxygens (including phenoxy) is 2. The third-order valence-electron chi connectivity index (χ3n) is 3.51. The minimum Gasteiger partial charge on any atom is -0.496 e. The van der Waals surface area contributed by atoms with Crippen molar-refractivity contribution in [2.75, 3.05) is 14.2 Å². The molecule has 0 amide bonds. The zero-order chi connectivity index (χ0) is 16.4. The van der Waals surface area contributed by atoms with Crippen molar-refractivity contribution in [2.24, 2.45) is 0 Å². The maximum atomic E-state index is 5.37. The number of aryl methyl sites for hydroxylation is 2. The van der Waals surface area contributed by atoms with Gasteiger partial charge in [0.2, 0.25) is 11.7 Å². The zero-order valence-electron chi connectivity index (χ0n) is 13.5. The predicted molar refractivity (Wildman–Crippen MR) is 83.6 cm³/mol. The summed E-state index contributed by atoms with van der Waals surface area (Å²) in [6, 6.07) is 7.50. The van der Waals surface area contributed by atoms with Gasteiger partial charge in [-0.2, -0.15) is 10.1 Å². The maximum absolute atomic E-state index is 5.37. The van der Waals surface area contributed by atoms with Crippen LogP contribution in [0.5, 0.6) is 11.5 Å². The summed E-state index contributed by atoms with van der Waals surface area (Å²) < 4.78 is 17.9. The molecule has 0 aliphatic carbocycles. The highest BCUT2D eigenvalue weighted by molar-refractivity contribution is 5.71. The van der Waals surface area contributed by atoms with Gasteiger partial charge in [0.1, 0.15) is 23.6 Å². The molecule has 3 aromatic rings. The van der Waals surface area contributed by atoms with E-state index in [1.54, 1.807) is 14.2 Å². The molecule has 7 heteroatoms. The molecule has 0 fully saturated rings. The van der Waals surface area contributed by atoms with Crippen LogP contribution in [0.1, 0.15) is 17.3 Å². The van der Waals surface area contributed by atoms with Crippen molar-refractivity contribution in [2.45, 2.75) is 20.4 Å². The van der Waals surface area contributed by atoms with Gasteiger partial charge in [0.05, 0.1) is 19.9 Å². The van der Waals surface area contributed by atoms with E-state index in [-0.39, 0.29) is 0 Å². The molecular weight excluding hydrogens is 296 g/mol. The second kappa shape index (κ2) is 6.12. The lowest BCUT2D eigenvalue weighted by atomic mass is 10.1. The van der Waals surface area contributed by atoms with Gasteiger partial charge in [-0.05, 0) is 32.0 Å². The molecular formula is C16H18N4O3. The summed E-state index contributed by atoms with van der Waals surface area (Å²) in [5, 5.41) is 8.44. The van der Waals surface area contributed by atoms with E-state index in [9.17, 15) is 0 Å². The van der Waals surface area contributed by atoms with Crippen molar-refractivity contribution in [3.05, 3.63) is 41.5 Å². The highest BCUT2D eigenvalue weighted by Gasteiger charge is 2.19. The van der Waals surface area contributed by atoms with Crippen LogP contribution in [0.2, 0.25) is 0 Å². The Labute approximate surface area is 133 Å². The van der Waals surface area contributed by atoms with Crippen molar-refractivity contribution in [3.8, 4) is 22.9 Å². The van der Waals surface area contributed by atoms with Crippen molar-refractivity contribution >= 4 is 0 Å². The van der Waals surface area contributed by atoms with E-state index >= 15 is 0 Å². The lowest BCUT2D eigenvalue weighted by Crippen LogP contribution is -2.04. The molecule has 1 aromatic carbocycles. The average molecular weight is 314 g/mol. The first-order chi connectivity index (χ1) is 11.1. The van der Waals surface area contributed by atoms with Crippen LogP contribution in [0.15, 0.2) is 28.8 Å². The van der Waals surface area contributed by atoms with Gasteiger partial charge in [0.25, 0.3) is 0 Å². The standard InChI is InChI=1S/C16H18N4O3/c1-10-8-11(2)20(18-10)9-14-17-16(19-23-14)15-12(21-3)6-5-7-13(15)22-4/h5-8H,9H2,1-4H3. The molecule has 0 spiro atoms. The molecule has 0 atom stereocenters. The van der Waals surface area contributed by atoms with E-state index in [2.05, 4.69) is 15.2 Å². The van der Waals surface area contributed by atoms with E-state index < -0.39 is 0 Å². The molecule has 0 radical (unpaired) electrons. The molecule has 0 aliphatic rings. The van der Waals surface area contributed by atoms with Gasteiger partial charge in [0.15, 0.2) is 0 Å². The van der Waals surface area contributed by atoms with Crippen LogP contribution in [-0.4, -0.2) is 34.1 Å². The molecule has 0 saturated carbocycles. The van der Waals surface area contributed by atoms with Crippen LogP contribution in [-0.2, 0) is 6.54 Å². The van der Waals surface area contributed by atoms with E-state index in [1.807, 2.05) is 42.8 Å². The summed E-state index contributed by atoms with van der Waals surface area (Å²) in [6.45, 7) is 4.35. The molecule has 2 aromatic heterocycles. The van der Waals surface area contributed by atoms with Crippen molar-refractivity contribution in [1.82, 2.24) is 19.9 Å². The van der Waals surface area contributed by atoms with Crippen LogP contribution in [0, 0.1) is 13.8 Å². The zero-order valence-corrected chi connectivity index (χ0v) is 13.5. The topological polar surface area (TPSA) is 75.2 Å². The van der Waals surface area contributed by atoms with Crippen molar-refractivity contribution in [1.29, 1.82) is 0 Å². The second-order valence-electron chi connectivity index (χ2n) is 5.13. The molecule has 0 N–H and O–H groups in total. The number of rotatable bonds is 5. The maximum Gasteiger partial charge on any atom is 0.248 e. The first-order valence-electron chi connectivity index (χ1n) is 7.17. The van der Waals surface area contributed by atoms with E-state index in [0.717, 1.165) is 11.4 Å². The minimum atomic E-state index is 0.421. The molecule has 3 rings (SSSR count). The van der Waals surface area contributed by atoms with Crippen molar-refractivity contribution in [3.63, 3.8) is 0 Å². The molecule has 120 valence electrons. The first kappa shape index (κ1) is 15.1. The molecule has 0 saturated heterocycles. The molecule has 0 bridgehead atoms. The largest absolute Gasteiger partial charge is 0.496 e. The number of methoxy groups -OCH3 is 2. The molecule has 2 heterocycles. The SMILES string of the molecule is COc1cccc(OC)c1-c1noc(Cn2nc(C)cc2C)n1. The van der Waals surface area contributed by atoms with Crippen LogP contribution in [0.25, 0.3) is 11.4 Å². The lowest BCUT2D eigenvalue weighted by Gasteiger charge is -2.09. The molecule has 23 heavy (non-hydrogen) atoms. The van der Waals surface area contributed by atoms with E-state index in [0.29, 0.717) is 35.3 Å². The third kappa shape index (κ3) is 2.90. The third-order valence-corrected chi connectivity index (χ3v) is 3.51. The first-order valence-corrected chi connectivity index (χ1v) is 7.17. The number of aromatic nitrogens is 4. The van der Waals surface area contributed by atoms with Crippen LogP contribution in [0.4, 0.5) is 0 Å². The average Bonchev–Trinajstić information content (AvgIpc) is 3.13. The van der Waals surface area contributed by atoms with Crippen LogP contribution >= 0.6 is 0 Å². The van der Waals surface area contributed by atoms with Gasteiger partial charge in [-0.25, -0.2) is 0 Å². The minimum absolute atomic E-state index is 0.421. The van der Waals surface area contributed by atoms with Gasteiger partial charge in [-0.3, -0.25) is 4.68 Å². The second-order valence-corrected chi connectivity index (χ2v) is 5.13. The molecule has 7 nitrogen and oxygen atoms in total. The Balaban J connectivity index is 1.95. The Bertz CT molecular complexity index is 800. The van der Waals surface area contributed by atoms with E-state index in [1.165, 1.54) is 0 Å². The fourth-order valence-electron chi connectivity index (χ4n) is 2.46. The Morgan fingerprint density at radius 2 is 1.83 bits per heavy atom. The monoisotopic (exact) mass is 314 g/mol. The molecule has 0 aliphatic heterocycles. The van der Waals surface area contributed by atoms with Gasteiger partial charge in [0, 0.05) is 5.69 Å². The summed E-state index contributed by atoms with van der Waals surface area (Å²) >= 11 is 0. The highest BCUT2D eigenvalue weighted by Crippen LogP contribution is 2.36. The predicted octanol–water partition coefficient (Wildman–Crippen LogP) is 2.62. The highest BCUT2D eigenvalue weighted by atomic mass is 16.5. The summed E-state index contributed by atoms with van der Waals surface area (Å²) in [5.41, 5.74) is 2.66. The van der Waals surface area contributed by atoms with Gasteiger partial charge >= 0.3 is 0 Å². The smallest absolute Gasteiger partial charge is 0.248 e. The van der Waals surface area contributed by atoms with Crippen LogP contribution in [0.3, 0.4) is 0 Å². The summed E-state index contributed by atoms with van der Waals surface area (Å²) in [6.07, 6.45) is 0. The lowest BCUT2D eigenvalue weighted by molar-refractivity contribution is 0.363. The number of hydrogen-bond acceptors (Lipinski definition) is 6. The van der Waals surface area contributed by atoms with Gasteiger partial charge in [-0.1, -0.05) is 11.2 Å². The Kier molecular flexibility index (Phi) is 4.01. The van der Waals surface area contributed by atoms with Gasteiger partial charge in [-0.15, -0.1) is 0 Å². The molecule has 0 unspecified atom stereocenters. The number of nitrogens with zero attached hydrogens (tertiary/aromatic N) is 4. The normalized spacial score (nSPS) is 10.8. The van der Waals surface area contributed by atoms with E-state index in [4.69, 9.17) is 14.0 Å². The Hall–Kier alpha value is -2.83. The number of hydrogen-bond donors (Lipinski definition) is 0. The fourth-order valence-corrected chi connectivity index (χ4v) is 2.46. The fraction of sp³-hybridized carbons (Fsp3) is 0.312. The Morgan fingerprint density at radius 1 is 1.13 bits per heavy atom. The summed E-state index contributed by atoms with van der Waals surface area (Å²) in [5.74, 6) is 2.15. The summed E-state index contributed by atoms with van der Waals surface area (Å²) in [7, 11) is 3.18. The van der Waals surface area contributed by atoms with Gasteiger partial charge < -0.3 is 14.0 Å². The summed E-state index contributed by atoms with van der Waals surface area (Å²) in [4.78, 5) is 4.44. The number of benzene rings is 1. The Morgan fingerprint density at radius 3 is 2.39 bits per heavy atom.